The Bertz CT molecular complexity index is 297. The summed E-state index contributed by atoms with van der Waals surface area (Å²) in [5, 5.41) is 3.57. The fourth-order valence-corrected chi connectivity index (χ4v) is 3.74. The number of rotatable bonds is 4. The summed E-state index contributed by atoms with van der Waals surface area (Å²) in [6, 6.07) is 0.909. The molecule has 20 heavy (non-hydrogen) atoms. The van der Waals surface area contributed by atoms with E-state index in [4.69, 9.17) is 0 Å². The molecule has 2 fully saturated rings. The van der Waals surface area contributed by atoms with Gasteiger partial charge in [0.05, 0.1) is 0 Å². The van der Waals surface area contributed by atoms with Crippen molar-refractivity contribution in [3.8, 4) is 0 Å². The van der Waals surface area contributed by atoms with Crippen LogP contribution in [0.15, 0.2) is 0 Å². The molecular formula is C17H32N2O. The van der Waals surface area contributed by atoms with Crippen molar-refractivity contribution in [2.75, 3.05) is 13.1 Å². The summed E-state index contributed by atoms with van der Waals surface area (Å²) in [7, 11) is 0. The maximum Gasteiger partial charge on any atom is 0.223 e. The molecule has 0 bridgehead atoms. The quantitative estimate of drug-likeness (QED) is 0.801. The van der Waals surface area contributed by atoms with E-state index in [2.05, 4.69) is 24.1 Å². The molecule has 1 amide bonds. The normalized spacial score (nSPS) is 29.2. The van der Waals surface area contributed by atoms with Gasteiger partial charge in [-0.1, -0.05) is 39.5 Å². The molecule has 0 aromatic heterocycles. The van der Waals surface area contributed by atoms with Gasteiger partial charge >= 0.3 is 0 Å². The van der Waals surface area contributed by atoms with E-state index in [0.717, 1.165) is 32.4 Å². The van der Waals surface area contributed by atoms with Gasteiger partial charge in [-0.05, 0) is 31.6 Å². The maximum absolute atomic E-state index is 12.7. The Labute approximate surface area is 124 Å². The highest BCUT2D eigenvalue weighted by molar-refractivity contribution is 5.77. The first-order chi connectivity index (χ1) is 9.74. The monoisotopic (exact) mass is 280 g/mol. The first-order valence-electron chi connectivity index (χ1n) is 8.77. The second kappa shape index (κ2) is 8.02. The number of carbonyl (C=O) groups is 1. The molecule has 0 aromatic rings. The van der Waals surface area contributed by atoms with Gasteiger partial charge < -0.3 is 10.2 Å². The zero-order valence-electron chi connectivity index (χ0n) is 13.4. The van der Waals surface area contributed by atoms with E-state index in [1.54, 1.807) is 0 Å². The van der Waals surface area contributed by atoms with Crippen molar-refractivity contribution in [3.05, 3.63) is 0 Å². The summed E-state index contributed by atoms with van der Waals surface area (Å²) < 4.78 is 0. The Balaban J connectivity index is 1.90. The van der Waals surface area contributed by atoms with Gasteiger partial charge in [-0.25, -0.2) is 0 Å². The Morgan fingerprint density at radius 2 is 1.80 bits per heavy atom. The molecule has 0 radical (unpaired) electrons. The molecular weight excluding hydrogens is 248 g/mol. The van der Waals surface area contributed by atoms with E-state index >= 15 is 0 Å². The van der Waals surface area contributed by atoms with Crippen LogP contribution in [0, 0.1) is 5.92 Å². The van der Waals surface area contributed by atoms with Crippen molar-refractivity contribution in [2.45, 2.75) is 83.7 Å². The zero-order valence-corrected chi connectivity index (χ0v) is 13.4. The lowest BCUT2D eigenvalue weighted by molar-refractivity contribution is -0.136. The molecule has 3 heteroatoms. The molecule has 1 aliphatic heterocycles. The van der Waals surface area contributed by atoms with Crippen LogP contribution in [0.4, 0.5) is 0 Å². The van der Waals surface area contributed by atoms with E-state index < -0.39 is 0 Å². The first-order valence-corrected chi connectivity index (χ1v) is 8.77. The molecule has 1 heterocycles. The Morgan fingerprint density at radius 1 is 1.10 bits per heavy atom. The molecule has 1 saturated heterocycles. The topological polar surface area (TPSA) is 32.3 Å². The van der Waals surface area contributed by atoms with E-state index in [9.17, 15) is 4.79 Å². The van der Waals surface area contributed by atoms with Crippen LogP contribution in [0.3, 0.4) is 0 Å². The highest BCUT2D eigenvalue weighted by Crippen LogP contribution is 2.27. The first kappa shape index (κ1) is 15.8. The van der Waals surface area contributed by atoms with Crippen LogP contribution < -0.4 is 5.32 Å². The minimum Gasteiger partial charge on any atom is -0.337 e. The fourth-order valence-electron chi connectivity index (χ4n) is 3.74. The zero-order chi connectivity index (χ0) is 14.4. The van der Waals surface area contributed by atoms with Crippen LogP contribution in [0.5, 0.6) is 0 Å². The Morgan fingerprint density at radius 3 is 2.40 bits per heavy atom. The SMILES string of the molecule is CCC1CN(C(=O)CC2CCCCCC2)C(CC)CN1. The highest BCUT2D eigenvalue weighted by atomic mass is 16.2. The van der Waals surface area contributed by atoms with Crippen LogP contribution in [0.1, 0.15) is 71.6 Å². The third-order valence-electron chi connectivity index (χ3n) is 5.22. The maximum atomic E-state index is 12.7. The van der Waals surface area contributed by atoms with Gasteiger partial charge in [-0.15, -0.1) is 0 Å². The number of piperazine rings is 1. The summed E-state index contributed by atoms with van der Waals surface area (Å²) in [4.78, 5) is 14.9. The lowest BCUT2D eigenvalue weighted by Gasteiger charge is -2.40. The van der Waals surface area contributed by atoms with Crippen molar-refractivity contribution in [1.82, 2.24) is 10.2 Å². The largest absolute Gasteiger partial charge is 0.337 e. The Kier molecular flexibility index (Phi) is 6.34. The number of hydrogen-bond acceptors (Lipinski definition) is 2. The average molecular weight is 280 g/mol. The predicted molar refractivity (Wildman–Crippen MR) is 83.7 cm³/mol. The summed E-state index contributed by atoms with van der Waals surface area (Å²) in [5.41, 5.74) is 0. The number of nitrogens with one attached hydrogen (secondary N) is 1. The minimum atomic E-state index is 0.413. The van der Waals surface area contributed by atoms with Gasteiger partial charge in [-0.2, -0.15) is 0 Å². The van der Waals surface area contributed by atoms with Gasteiger partial charge in [0.15, 0.2) is 0 Å². The van der Waals surface area contributed by atoms with Crippen LogP contribution in [0.2, 0.25) is 0 Å². The van der Waals surface area contributed by atoms with E-state index in [1.165, 1.54) is 38.5 Å². The van der Waals surface area contributed by atoms with Gasteiger partial charge in [0.2, 0.25) is 5.91 Å². The van der Waals surface area contributed by atoms with E-state index in [1.807, 2.05) is 0 Å². The van der Waals surface area contributed by atoms with E-state index in [0.29, 0.717) is 23.9 Å². The second-order valence-corrected chi connectivity index (χ2v) is 6.68. The molecule has 0 aromatic carbocycles. The lowest BCUT2D eigenvalue weighted by Crippen LogP contribution is -2.58. The second-order valence-electron chi connectivity index (χ2n) is 6.68. The molecule has 116 valence electrons. The van der Waals surface area contributed by atoms with Crippen molar-refractivity contribution >= 4 is 5.91 Å². The van der Waals surface area contributed by atoms with Crippen molar-refractivity contribution < 1.29 is 4.79 Å². The number of amides is 1. The van der Waals surface area contributed by atoms with Crippen LogP contribution in [-0.4, -0.2) is 36.0 Å². The molecule has 1 aliphatic carbocycles. The molecule has 2 aliphatic rings. The lowest BCUT2D eigenvalue weighted by atomic mass is 9.94. The van der Waals surface area contributed by atoms with Gasteiger partial charge in [0.25, 0.3) is 0 Å². The molecule has 2 unspecified atom stereocenters. The highest BCUT2D eigenvalue weighted by Gasteiger charge is 2.30. The molecule has 1 N–H and O–H groups in total. The van der Waals surface area contributed by atoms with Crippen molar-refractivity contribution in [2.24, 2.45) is 5.92 Å². The van der Waals surface area contributed by atoms with Crippen molar-refractivity contribution in [1.29, 1.82) is 0 Å². The summed E-state index contributed by atoms with van der Waals surface area (Å²) in [6.07, 6.45) is 10.9. The van der Waals surface area contributed by atoms with Crippen LogP contribution in [-0.2, 0) is 4.79 Å². The van der Waals surface area contributed by atoms with Gasteiger partial charge in [0, 0.05) is 31.6 Å². The number of hydrogen-bond donors (Lipinski definition) is 1. The standard InChI is InChI=1S/C17H32N2O/c1-3-15-13-19(16(4-2)12-18-15)17(20)11-14-9-7-5-6-8-10-14/h14-16,18H,3-13H2,1-2H3. The summed E-state index contributed by atoms with van der Waals surface area (Å²) >= 11 is 0. The van der Waals surface area contributed by atoms with Crippen LogP contribution in [0.25, 0.3) is 0 Å². The third kappa shape index (κ3) is 4.21. The summed E-state index contributed by atoms with van der Waals surface area (Å²) in [6.45, 7) is 6.30. The Hall–Kier alpha value is -0.570. The number of carbonyl (C=O) groups excluding carboxylic acids is 1. The fraction of sp³-hybridized carbons (Fsp3) is 0.941. The minimum absolute atomic E-state index is 0.413. The molecule has 1 saturated carbocycles. The van der Waals surface area contributed by atoms with Crippen LogP contribution >= 0.6 is 0 Å². The number of nitrogens with zero attached hydrogens (tertiary/aromatic N) is 1. The van der Waals surface area contributed by atoms with Crippen molar-refractivity contribution in [3.63, 3.8) is 0 Å². The average Bonchev–Trinajstić information content (AvgIpc) is 2.75. The van der Waals surface area contributed by atoms with Gasteiger partial charge in [-0.3, -0.25) is 4.79 Å². The molecule has 2 atom stereocenters. The van der Waals surface area contributed by atoms with Gasteiger partial charge in [0.1, 0.15) is 0 Å². The molecule has 2 rings (SSSR count). The molecule has 0 spiro atoms. The predicted octanol–water partition coefficient (Wildman–Crippen LogP) is 3.34. The third-order valence-corrected chi connectivity index (χ3v) is 5.22. The molecule has 3 nitrogen and oxygen atoms in total. The smallest absolute Gasteiger partial charge is 0.223 e. The van der Waals surface area contributed by atoms with E-state index in [-0.39, 0.29) is 0 Å². The summed E-state index contributed by atoms with van der Waals surface area (Å²) in [5.74, 6) is 1.07.